The normalized spacial score (nSPS) is 11.6. The van der Waals surface area contributed by atoms with E-state index >= 15 is 0 Å². The number of sulfonamides is 1. The van der Waals surface area contributed by atoms with Gasteiger partial charge in [-0.2, -0.15) is 0 Å². The van der Waals surface area contributed by atoms with E-state index in [4.69, 9.17) is 0 Å². The Balaban J connectivity index is 1.79. The number of aromatic nitrogens is 2. The van der Waals surface area contributed by atoms with E-state index in [9.17, 15) is 8.42 Å². The van der Waals surface area contributed by atoms with E-state index in [0.717, 1.165) is 16.8 Å². The molecule has 2 aromatic carbocycles. The third-order valence-electron chi connectivity index (χ3n) is 3.80. The molecule has 3 aromatic rings. The van der Waals surface area contributed by atoms with Crippen LogP contribution in [0.2, 0.25) is 0 Å². The lowest BCUT2D eigenvalue weighted by atomic mass is 10.0. The second-order valence-electron chi connectivity index (χ2n) is 5.87. The number of nitrogens with zero attached hydrogens (tertiary/aromatic N) is 1. The predicted octanol–water partition coefficient (Wildman–Crippen LogP) is 4.00. The maximum absolute atomic E-state index is 12.5. The Morgan fingerprint density at radius 1 is 1.00 bits per heavy atom. The molecule has 0 aliphatic carbocycles. The molecule has 0 aliphatic rings. The van der Waals surface area contributed by atoms with E-state index in [1.807, 2.05) is 24.3 Å². The van der Waals surface area contributed by atoms with Crippen LogP contribution in [-0.4, -0.2) is 18.4 Å². The molecule has 1 aromatic heterocycles. The minimum atomic E-state index is -3.59. The zero-order chi connectivity index (χ0) is 17.2. The topological polar surface area (TPSA) is 74.8 Å². The van der Waals surface area contributed by atoms with Crippen LogP contribution in [0.25, 0.3) is 11.3 Å². The SMILES string of the molecule is CC(C)c1ccc(S(=O)(=O)Nc2ccc(-c3cnc[nH]3)cc2)cc1. The van der Waals surface area contributed by atoms with Gasteiger partial charge in [-0.3, -0.25) is 4.72 Å². The fourth-order valence-corrected chi connectivity index (χ4v) is 3.44. The van der Waals surface area contributed by atoms with Gasteiger partial charge in [0.05, 0.1) is 23.1 Å². The van der Waals surface area contributed by atoms with Gasteiger partial charge in [0.25, 0.3) is 10.0 Å². The Hall–Kier alpha value is -2.60. The van der Waals surface area contributed by atoms with Crippen LogP contribution in [0.4, 0.5) is 5.69 Å². The summed E-state index contributed by atoms with van der Waals surface area (Å²) in [6.07, 6.45) is 3.32. The maximum Gasteiger partial charge on any atom is 0.261 e. The first-order chi connectivity index (χ1) is 11.5. The van der Waals surface area contributed by atoms with E-state index in [1.165, 1.54) is 0 Å². The minimum Gasteiger partial charge on any atom is -0.345 e. The lowest BCUT2D eigenvalue weighted by Crippen LogP contribution is -2.12. The largest absolute Gasteiger partial charge is 0.345 e. The molecule has 0 aliphatic heterocycles. The van der Waals surface area contributed by atoms with Crippen LogP contribution < -0.4 is 4.72 Å². The van der Waals surface area contributed by atoms with E-state index in [-0.39, 0.29) is 4.90 Å². The molecule has 0 bridgehead atoms. The number of benzene rings is 2. The highest BCUT2D eigenvalue weighted by Gasteiger charge is 2.14. The molecule has 124 valence electrons. The first kappa shape index (κ1) is 16.3. The number of H-pyrrole nitrogens is 1. The van der Waals surface area contributed by atoms with Crippen molar-refractivity contribution in [2.75, 3.05) is 4.72 Å². The zero-order valence-electron chi connectivity index (χ0n) is 13.5. The average Bonchev–Trinajstić information content (AvgIpc) is 3.10. The summed E-state index contributed by atoms with van der Waals surface area (Å²) in [4.78, 5) is 7.24. The van der Waals surface area contributed by atoms with Crippen molar-refractivity contribution in [2.24, 2.45) is 0 Å². The lowest BCUT2D eigenvalue weighted by Gasteiger charge is -2.10. The molecule has 0 amide bonds. The summed E-state index contributed by atoms with van der Waals surface area (Å²) in [7, 11) is -3.59. The predicted molar refractivity (Wildman–Crippen MR) is 95.4 cm³/mol. The lowest BCUT2D eigenvalue weighted by molar-refractivity contribution is 0.601. The number of nitrogens with one attached hydrogen (secondary N) is 2. The van der Waals surface area contributed by atoms with Crippen molar-refractivity contribution in [1.82, 2.24) is 9.97 Å². The van der Waals surface area contributed by atoms with Gasteiger partial charge in [0, 0.05) is 5.69 Å². The molecule has 2 N–H and O–H groups in total. The number of aromatic amines is 1. The van der Waals surface area contributed by atoms with Crippen molar-refractivity contribution in [3.05, 3.63) is 66.6 Å². The van der Waals surface area contributed by atoms with Crippen LogP contribution in [0.5, 0.6) is 0 Å². The highest BCUT2D eigenvalue weighted by molar-refractivity contribution is 7.92. The summed E-state index contributed by atoms with van der Waals surface area (Å²) in [6, 6.07) is 14.1. The van der Waals surface area contributed by atoms with Gasteiger partial charge in [-0.25, -0.2) is 13.4 Å². The smallest absolute Gasteiger partial charge is 0.261 e. The summed E-state index contributed by atoms with van der Waals surface area (Å²) in [5, 5.41) is 0. The van der Waals surface area contributed by atoms with Crippen molar-refractivity contribution in [3.63, 3.8) is 0 Å². The summed E-state index contributed by atoms with van der Waals surface area (Å²) in [5.74, 6) is 0.365. The fourth-order valence-electron chi connectivity index (χ4n) is 2.38. The Labute approximate surface area is 141 Å². The Kier molecular flexibility index (Phi) is 4.40. The van der Waals surface area contributed by atoms with Crippen molar-refractivity contribution in [1.29, 1.82) is 0 Å². The number of rotatable bonds is 5. The van der Waals surface area contributed by atoms with Gasteiger partial charge < -0.3 is 4.98 Å². The quantitative estimate of drug-likeness (QED) is 0.736. The molecule has 0 atom stereocenters. The maximum atomic E-state index is 12.5. The van der Waals surface area contributed by atoms with Gasteiger partial charge in [-0.15, -0.1) is 0 Å². The van der Waals surface area contributed by atoms with Gasteiger partial charge >= 0.3 is 0 Å². The molecule has 0 spiro atoms. The average molecular weight is 341 g/mol. The van der Waals surface area contributed by atoms with E-state index in [2.05, 4.69) is 28.5 Å². The number of anilines is 1. The third-order valence-corrected chi connectivity index (χ3v) is 5.20. The summed E-state index contributed by atoms with van der Waals surface area (Å²) in [6.45, 7) is 4.14. The monoisotopic (exact) mass is 341 g/mol. The number of hydrogen-bond donors (Lipinski definition) is 2. The molecule has 0 radical (unpaired) electrons. The first-order valence-electron chi connectivity index (χ1n) is 7.67. The van der Waals surface area contributed by atoms with Gasteiger partial charge in [0.1, 0.15) is 0 Å². The van der Waals surface area contributed by atoms with Crippen LogP contribution >= 0.6 is 0 Å². The Morgan fingerprint density at radius 2 is 1.67 bits per heavy atom. The number of hydrogen-bond acceptors (Lipinski definition) is 3. The number of imidazole rings is 1. The molecule has 1 heterocycles. The molecular formula is C18H19N3O2S. The molecule has 6 heteroatoms. The van der Waals surface area contributed by atoms with Gasteiger partial charge in [-0.05, 0) is 41.3 Å². The first-order valence-corrected chi connectivity index (χ1v) is 9.15. The highest BCUT2D eigenvalue weighted by atomic mass is 32.2. The van der Waals surface area contributed by atoms with Crippen LogP contribution in [0.1, 0.15) is 25.3 Å². The van der Waals surface area contributed by atoms with Gasteiger partial charge in [0.15, 0.2) is 0 Å². The molecule has 0 saturated carbocycles. The van der Waals surface area contributed by atoms with Crippen LogP contribution in [-0.2, 0) is 10.0 Å². The van der Waals surface area contributed by atoms with Crippen LogP contribution in [0, 0.1) is 0 Å². The standard InChI is InChI=1S/C18H19N3O2S/c1-13(2)14-5-9-17(10-6-14)24(22,23)21-16-7-3-15(4-8-16)18-11-19-12-20-18/h3-13,21H,1-2H3,(H,19,20). The molecule has 0 saturated heterocycles. The molecule has 0 fully saturated rings. The fraction of sp³-hybridized carbons (Fsp3) is 0.167. The van der Waals surface area contributed by atoms with Gasteiger partial charge in [0.2, 0.25) is 0 Å². The molecule has 24 heavy (non-hydrogen) atoms. The second-order valence-corrected chi connectivity index (χ2v) is 7.55. The molecule has 0 unspecified atom stereocenters. The van der Waals surface area contributed by atoms with Crippen molar-refractivity contribution >= 4 is 15.7 Å². The van der Waals surface area contributed by atoms with Crippen molar-refractivity contribution in [2.45, 2.75) is 24.7 Å². The third kappa shape index (κ3) is 3.49. The Morgan fingerprint density at radius 3 is 2.21 bits per heavy atom. The minimum absolute atomic E-state index is 0.254. The summed E-state index contributed by atoms with van der Waals surface area (Å²) < 4.78 is 27.5. The Bertz CT molecular complexity index is 898. The van der Waals surface area contributed by atoms with Crippen molar-refractivity contribution < 1.29 is 8.42 Å². The summed E-state index contributed by atoms with van der Waals surface area (Å²) >= 11 is 0. The van der Waals surface area contributed by atoms with E-state index in [0.29, 0.717) is 11.6 Å². The molecular weight excluding hydrogens is 322 g/mol. The summed E-state index contributed by atoms with van der Waals surface area (Å²) in [5.41, 5.74) is 3.45. The van der Waals surface area contributed by atoms with Crippen molar-refractivity contribution in [3.8, 4) is 11.3 Å². The molecule has 5 nitrogen and oxygen atoms in total. The second kappa shape index (κ2) is 6.49. The van der Waals surface area contributed by atoms with E-state index in [1.54, 1.807) is 36.8 Å². The van der Waals surface area contributed by atoms with Crippen LogP contribution in [0.3, 0.4) is 0 Å². The van der Waals surface area contributed by atoms with E-state index < -0.39 is 10.0 Å². The van der Waals surface area contributed by atoms with Crippen LogP contribution in [0.15, 0.2) is 66.0 Å². The molecule has 3 rings (SSSR count). The zero-order valence-corrected chi connectivity index (χ0v) is 14.3. The van der Waals surface area contributed by atoms with Gasteiger partial charge in [-0.1, -0.05) is 38.1 Å². The highest BCUT2D eigenvalue weighted by Crippen LogP contribution is 2.22.